The summed E-state index contributed by atoms with van der Waals surface area (Å²) in [6.45, 7) is -0.0902. The van der Waals surface area contributed by atoms with Gasteiger partial charge >= 0.3 is 6.18 Å². The van der Waals surface area contributed by atoms with Crippen LogP contribution in [0.2, 0.25) is 10.0 Å². The average Bonchev–Trinajstić information content (AvgIpc) is 4.18. The van der Waals surface area contributed by atoms with Gasteiger partial charge in [0.2, 0.25) is 17.7 Å². The summed E-state index contributed by atoms with van der Waals surface area (Å²) in [6, 6.07) is 9.60. The molecule has 402 valence electrons. The number of nitrogens with zero attached hydrogens (tertiary/aromatic N) is 8. The van der Waals surface area contributed by atoms with Crippen molar-refractivity contribution in [3.8, 4) is 22.7 Å². The number of halogens is 7. The molecule has 5 N–H and O–H groups in total. The van der Waals surface area contributed by atoms with E-state index in [1.54, 1.807) is 24.3 Å². The molecule has 28 heteroatoms. The van der Waals surface area contributed by atoms with Crippen LogP contribution in [-0.2, 0) is 36.6 Å². The molecule has 3 fully saturated rings. The number of alkyl halides is 3. The van der Waals surface area contributed by atoms with E-state index >= 15 is 0 Å². The lowest BCUT2D eigenvalue weighted by Crippen LogP contribution is -2.55. The normalized spacial score (nSPS) is 23.3. The Hall–Kier alpha value is -7.49. The van der Waals surface area contributed by atoms with Gasteiger partial charge in [0.1, 0.15) is 88.8 Å². The topological polar surface area (TPSA) is 267 Å². The van der Waals surface area contributed by atoms with Gasteiger partial charge in [0.25, 0.3) is 11.8 Å². The van der Waals surface area contributed by atoms with Crippen LogP contribution in [0, 0.1) is 18.6 Å². The highest BCUT2D eigenvalue weighted by Crippen LogP contribution is 2.43. The largest absolute Gasteiger partial charge is 0.489 e. The number of rotatable bonds is 14. The standard InChI is InChI=1S/C49H42Cl2F5N11O10/c1-21-58-45(67(63-21)36-13-24(50)2-6-30(36)49(54,55)56)44-43(41(42(71)37(19-68)77-44)66-18-34(62-64-66)22-11-31(52)40(51)32(53)12-22)75-20-39(70)59-26-14-28(15-26)76-27-4-7-33(57-16-27)46(72)60-25-3-5-29-23(10-25)17-65(48(29)74)35-8-9-38(69)61-47(35)73/h2-7,10-13,16,18,26,28,35,37,41-44,68,71H,8-9,14-15,17,19-20H2,1H3,(H,59,70)(H,60,72)(H,61,69,73)/t26-,28-,35?,37-,41+,42+,43-,44-/m1/s1. The number of aryl methyl sites for hydroxylation is 1. The van der Waals surface area contributed by atoms with Crippen LogP contribution in [0.25, 0.3) is 16.9 Å². The molecule has 1 aliphatic carbocycles. The lowest BCUT2D eigenvalue weighted by atomic mass is 9.89. The van der Waals surface area contributed by atoms with Crippen LogP contribution in [0.4, 0.5) is 27.6 Å². The van der Waals surface area contributed by atoms with Crippen LogP contribution in [0.1, 0.15) is 81.5 Å². The molecule has 1 saturated carbocycles. The molecule has 21 nitrogen and oxygen atoms in total. The van der Waals surface area contributed by atoms with E-state index in [1.165, 1.54) is 30.3 Å². The van der Waals surface area contributed by atoms with Crippen LogP contribution in [0.5, 0.6) is 5.75 Å². The number of fused-ring (bicyclic) bond motifs is 1. The van der Waals surface area contributed by atoms with Gasteiger partial charge in [-0.15, -0.1) is 5.10 Å². The first kappa shape index (κ1) is 52.9. The molecule has 3 aliphatic heterocycles. The molecular formula is C49H42Cl2F5N11O10. The number of benzene rings is 3. The number of aliphatic hydroxyl groups excluding tert-OH is 2. The van der Waals surface area contributed by atoms with Gasteiger partial charge in [-0.1, -0.05) is 28.4 Å². The van der Waals surface area contributed by atoms with Gasteiger partial charge < -0.3 is 40.0 Å². The Bertz CT molecular complexity index is 3300. The molecule has 10 rings (SSSR count). The highest BCUT2D eigenvalue weighted by atomic mass is 35.5. The number of pyridine rings is 1. The Morgan fingerprint density at radius 3 is 2.48 bits per heavy atom. The number of aromatic nitrogens is 7. The van der Waals surface area contributed by atoms with Crippen molar-refractivity contribution in [2.45, 2.75) is 94.0 Å². The summed E-state index contributed by atoms with van der Waals surface area (Å²) in [7, 11) is 0. The van der Waals surface area contributed by atoms with Crippen molar-refractivity contribution >= 4 is 58.4 Å². The van der Waals surface area contributed by atoms with E-state index in [4.69, 9.17) is 37.4 Å². The molecule has 3 aromatic heterocycles. The second-order valence-corrected chi connectivity index (χ2v) is 19.4. The molecular weight excluding hydrogens is 1070 g/mol. The number of hydrogen-bond donors (Lipinski definition) is 5. The quantitative estimate of drug-likeness (QED) is 0.0546. The zero-order valence-corrected chi connectivity index (χ0v) is 41.4. The third-order valence-corrected chi connectivity index (χ3v) is 14.0. The maximum absolute atomic E-state index is 14.5. The predicted molar refractivity (Wildman–Crippen MR) is 256 cm³/mol. The number of nitrogens with one attached hydrogen (secondary N) is 3. The molecule has 6 aromatic rings. The first-order valence-corrected chi connectivity index (χ1v) is 24.4. The Kier molecular flexibility index (Phi) is 14.5. The van der Waals surface area contributed by atoms with Gasteiger partial charge in [-0.2, -0.15) is 18.3 Å². The number of carbonyl (C=O) groups is 5. The number of imide groups is 1. The molecule has 3 aromatic carbocycles. The van der Waals surface area contributed by atoms with Crippen molar-refractivity contribution in [3.05, 3.63) is 129 Å². The highest BCUT2D eigenvalue weighted by Gasteiger charge is 2.51. The van der Waals surface area contributed by atoms with Crippen molar-refractivity contribution < 1.29 is 70.3 Å². The summed E-state index contributed by atoms with van der Waals surface area (Å²) >= 11 is 11.9. The molecule has 6 atom stereocenters. The van der Waals surface area contributed by atoms with Gasteiger partial charge in [-0.25, -0.2) is 28.1 Å². The van der Waals surface area contributed by atoms with Crippen molar-refractivity contribution in [2.24, 2.45) is 0 Å². The summed E-state index contributed by atoms with van der Waals surface area (Å²) < 4.78 is 92.8. The minimum Gasteiger partial charge on any atom is -0.489 e. The van der Waals surface area contributed by atoms with Gasteiger partial charge in [0, 0.05) is 53.7 Å². The smallest absolute Gasteiger partial charge is 0.418 e. The maximum atomic E-state index is 14.5. The fourth-order valence-electron chi connectivity index (χ4n) is 9.61. The zero-order valence-electron chi connectivity index (χ0n) is 39.9. The predicted octanol–water partition coefficient (Wildman–Crippen LogP) is 4.99. The molecule has 4 aliphatic rings. The van der Waals surface area contributed by atoms with E-state index in [0.717, 1.165) is 39.7 Å². The molecule has 6 heterocycles. The lowest BCUT2D eigenvalue weighted by molar-refractivity contribution is -0.223. The molecule has 1 unspecified atom stereocenters. The van der Waals surface area contributed by atoms with Crippen LogP contribution in [-0.4, -0.2) is 129 Å². The maximum Gasteiger partial charge on any atom is 0.418 e. The zero-order chi connectivity index (χ0) is 54.6. The van der Waals surface area contributed by atoms with E-state index < -0.39 is 120 Å². The van der Waals surface area contributed by atoms with Crippen molar-refractivity contribution in [2.75, 3.05) is 18.5 Å². The van der Waals surface area contributed by atoms with Crippen molar-refractivity contribution in [1.82, 2.24) is 50.3 Å². The van der Waals surface area contributed by atoms with E-state index in [9.17, 15) is 56.1 Å². The Morgan fingerprint density at radius 1 is 1.01 bits per heavy atom. The summed E-state index contributed by atoms with van der Waals surface area (Å²) in [5.74, 6) is -4.78. The number of carbonyl (C=O) groups excluding carboxylic acids is 5. The number of ether oxygens (including phenoxy) is 3. The minimum atomic E-state index is -4.92. The van der Waals surface area contributed by atoms with Gasteiger partial charge in [0.15, 0.2) is 5.82 Å². The second-order valence-electron chi connectivity index (χ2n) is 18.5. The van der Waals surface area contributed by atoms with E-state index in [1.807, 2.05) is 0 Å². The molecule has 0 bridgehead atoms. The van der Waals surface area contributed by atoms with Crippen LogP contribution in [0.15, 0.2) is 73.1 Å². The number of anilines is 1. The Labute approximate surface area is 441 Å². The van der Waals surface area contributed by atoms with Crippen molar-refractivity contribution in [1.29, 1.82) is 0 Å². The number of hydrogen-bond acceptors (Lipinski definition) is 15. The summed E-state index contributed by atoms with van der Waals surface area (Å²) in [6.07, 6.45) is -8.24. The molecule has 77 heavy (non-hydrogen) atoms. The molecule has 0 spiro atoms. The van der Waals surface area contributed by atoms with Crippen LogP contribution >= 0.6 is 23.2 Å². The Balaban J connectivity index is 0.806. The van der Waals surface area contributed by atoms with Crippen molar-refractivity contribution in [3.63, 3.8) is 0 Å². The lowest BCUT2D eigenvalue weighted by Gasteiger charge is -2.43. The molecule has 2 saturated heterocycles. The SMILES string of the molecule is Cc1nc([C@@H]2O[C@H](CO)[C@H](O)[C@H](n3cc(-c4cc(F)c(Cl)c(F)c4)nn3)[C@H]2OCC(=O)N[C@H]2C[C@H](Oc3ccc(C(=O)Nc4ccc5c(c4)CN(C4CCC(=O)NC4=O)C5=O)nc3)C2)n(-c2cc(Cl)ccc2C(F)(F)F)n1. The number of amides is 5. The third-order valence-electron chi connectivity index (χ3n) is 13.4. The van der Waals surface area contributed by atoms with E-state index in [0.29, 0.717) is 35.4 Å². The second kappa shape index (κ2) is 21.1. The van der Waals surface area contributed by atoms with Gasteiger partial charge in [-0.05, 0) is 79.6 Å². The van der Waals surface area contributed by atoms with Crippen LogP contribution < -0.4 is 20.7 Å². The summed E-state index contributed by atoms with van der Waals surface area (Å²) in [5, 5.41) is 41.5. The number of piperidine rings is 1. The van der Waals surface area contributed by atoms with Crippen LogP contribution in [0.3, 0.4) is 0 Å². The minimum absolute atomic E-state index is 0.0414. The van der Waals surface area contributed by atoms with E-state index in [-0.39, 0.29) is 58.9 Å². The average molecular weight is 1110 g/mol. The summed E-state index contributed by atoms with van der Waals surface area (Å²) in [4.78, 5) is 73.9. The monoisotopic (exact) mass is 1110 g/mol. The fourth-order valence-corrected chi connectivity index (χ4v) is 9.88. The molecule has 5 amide bonds. The van der Waals surface area contributed by atoms with E-state index in [2.05, 4.69) is 41.3 Å². The number of aliphatic hydroxyl groups is 2. The first-order valence-electron chi connectivity index (χ1n) is 23.7. The molecule has 0 radical (unpaired) electrons. The third kappa shape index (κ3) is 10.8. The Morgan fingerprint density at radius 2 is 1.78 bits per heavy atom. The fraction of sp³-hybridized carbons (Fsp3) is 0.347. The van der Waals surface area contributed by atoms with Gasteiger partial charge in [0.05, 0.1) is 30.3 Å². The highest BCUT2D eigenvalue weighted by molar-refractivity contribution is 6.31. The summed E-state index contributed by atoms with van der Waals surface area (Å²) in [5.41, 5.74) is -0.543. The first-order chi connectivity index (χ1) is 36.7. The van der Waals surface area contributed by atoms with Gasteiger partial charge in [-0.3, -0.25) is 29.3 Å².